The molecule has 3 heteroatoms. The van der Waals surface area contributed by atoms with Crippen molar-refractivity contribution in [1.82, 2.24) is 9.55 Å². The van der Waals surface area contributed by atoms with Gasteiger partial charge in [0.05, 0.1) is 24.3 Å². The number of aliphatic hydroxyl groups excluding tert-OH is 1. The minimum atomic E-state index is -0.421. The number of aromatic nitrogens is 2. The van der Waals surface area contributed by atoms with Crippen LogP contribution < -0.4 is 0 Å². The Bertz CT molecular complexity index is 255. The molecule has 1 unspecified atom stereocenters. The first-order valence-corrected chi connectivity index (χ1v) is 4.01. The molecule has 3 nitrogen and oxygen atoms in total. The van der Waals surface area contributed by atoms with Crippen molar-refractivity contribution in [2.75, 3.05) is 0 Å². The van der Waals surface area contributed by atoms with Crippen molar-refractivity contribution in [1.29, 1.82) is 0 Å². The van der Waals surface area contributed by atoms with Gasteiger partial charge in [0.2, 0.25) is 0 Å². The van der Waals surface area contributed by atoms with Gasteiger partial charge in [-0.25, -0.2) is 4.98 Å². The molecule has 0 fully saturated rings. The molecule has 1 N–H and O–H groups in total. The van der Waals surface area contributed by atoms with E-state index in [1.807, 2.05) is 11.6 Å². The Morgan fingerprint density at radius 3 is 3.08 bits per heavy atom. The average Bonchev–Trinajstić information content (AvgIpc) is 2.47. The van der Waals surface area contributed by atoms with Crippen LogP contribution in [-0.4, -0.2) is 14.7 Å². The van der Waals surface area contributed by atoms with Gasteiger partial charge in [-0.1, -0.05) is 6.08 Å². The second-order valence-corrected chi connectivity index (χ2v) is 2.81. The first-order valence-electron chi connectivity index (χ1n) is 4.01. The third kappa shape index (κ3) is 1.95. The fraction of sp³-hybridized carbons (Fsp3) is 0.444. The van der Waals surface area contributed by atoms with Gasteiger partial charge in [0.1, 0.15) is 0 Å². The molecule has 1 aromatic rings. The van der Waals surface area contributed by atoms with Gasteiger partial charge >= 0.3 is 0 Å². The quantitative estimate of drug-likeness (QED) is 0.687. The summed E-state index contributed by atoms with van der Waals surface area (Å²) in [6.45, 7) is 3.60. The molecule has 0 aliphatic heterocycles. The van der Waals surface area contributed by atoms with Gasteiger partial charge in [-0.15, -0.1) is 6.58 Å². The van der Waals surface area contributed by atoms with Gasteiger partial charge in [-0.2, -0.15) is 0 Å². The molecular formula is C9H14N2O. The summed E-state index contributed by atoms with van der Waals surface area (Å²) in [6.07, 6.45) is 6.30. The molecule has 0 spiro atoms. The molecule has 12 heavy (non-hydrogen) atoms. The van der Waals surface area contributed by atoms with E-state index in [0.29, 0.717) is 6.42 Å². The standard InChI is InChI=1S/C9H14N2O/c1-3-4-5-9(12)8-6-10-7-11(8)2/h3,6-7,9,12H,1,4-5H2,2H3. The lowest BCUT2D eigenvalue weighted by Gasteiger charge is -2.08. The molecule has 0 amide bonds. The molecule has 1 aromatic heterocycles. The molecular weight excluding hydrogens is 152 g/mol. The summed E-state index contributed by atoms with van der Waals surface area (Å²) in [6, 6.07) is 0. The number of allylic oxidation sites excluding steroid dienone is 1. The Balaban J connectivity index is 2.58. The van der Waals surface area contributed by atoms with Gasteiger partial charge in [0.25, 0.3) is 0 Å². The van der Waals surface area contributed by atoms with E-state index in [2.05, 4.69) is 11.6 Å². The van der Waals surface area contributed by atoms with Gasteiger partial charge < -0.3 is 9.67 Å². The third-order valence-corrected chi connectivity index (χ3v) is 1.84. The molecule has 0 bridgehead atoms. The highest BCUT2D eigenvalue weighted by molar-refractivity contribution is 5.01. The second-order valence-electron chi connectivity index (χ2n) is 2.81. The number of imidazole rings is 1. The number of nitrogens with zero attached hydrogens (tertiary/aromatic N) is 2. The van der Waals surface area contributed by atoms with Crippen molar-refractivity contribution in [2.24, 2.45) is 7.05 Å². The van der Waals surface area contributed by atoms with Crippen LogP contribution in [0.1, 0.15) is 24.6 Å². The maximum Gasteiger partial charge on any atom is 0.0958 e. The maximum absolute atomic E-state index is 9.61. The molecule has 0 aliphatic carbocycles. The van der Waals surface area contributed by atoms with E-state index in [9.17, 15) is 5.11 Å². The summed E-state index contributed by atoms with van der Waals surface area (Å²) in [5, 5.41) is 9.61. The first kappa shape index (κ1) is 9.00. The van der Waals surface area contributed by atoms with E-state index < -0.39 is 6.10 Å². The van der Waals surface area contributed by atoms with Crippen molar-refractivity contribution in [3.05, 3.63) is 30.9 Å². The SMILES string of the molecule is C=CCCC(O)c1cncn1C. The smallest absolute Gasteiger partial charge is 0.0958 e. The van der Waals surface area contributed by atoms with Gasteiger partial charge in [-0.05, 0) is 12.8 Å². The molecule has 0 radical (unpaired) electrons. The highest BCUT2D eigenvalue weighted by Gasteiger charge is 2.09. The van der Waals surface area contributed by atoms with Gasteiger partial charge in [-0.3, -0.25) is 0 Å². The van der Waals surface area contributed by atoms with Crippen LogP contribution in [0.15, 0.2) is 25.2 Å². The minimum absolute atomic E-state index is 0.421. The lowest BCUT2D eigenvalue weighted by Crippen LogP contribution is -2.02. The number of aliphatic hydroxyl groups is 1. The van der Waals surface area contributed by atoms with E-state index in [0.717, 1.165) is 12.1 Å². The van der Waals surface area contributed by atoms with Crippen LogP contribution in [0.5, 0.6) is 0 Å². The molecule has 0 saturated carbocycles. The second kappa shape index (κ2) is 4.07. The molecule has 1 heterocycles. The van der Waals surface area contributed by atoms with E-state index >= 15 is 0 Å². The number of hydrogen-bond donors (Lipinski definition) is 1. The lowest BCUT2D eigenvalue weighted by atomic mass is 10.1. The van der Waals surface area contributed by atoms with Crippen molar-refractivity contribution < 1.29 is 5.11 Å². The zero-order valence-electron chi connectivity index (χ0n) is 7.27. The summed E-state index contributed by atoms with van der Waals surface area (Å²) in [4.78, 5) is 3.93. The van der Waals surface area contributed by atoms with Crippen LogP contribution >= 0.6 is 0 Å². The van der Waals surface area contributed by atoms with Crippen LogP contribution in [0.3, 0.4) is 0 Å². The monoisotopic (exact) mass is 166 g/mol. The molecule has 0 saturated heterocycles. The highest BCUT2D eigenvalue weighted by atomic mass is 16.3. The predicted octanol–water partition coefficient (Wildman–Crippen LogP) is 1.42. The van der Waals surface area contributed by atoms with Crippen LogP contribution in [0, 0.1) is 0 Å². The van der Waals surface area contributed by atoms with Crippen molar-refractivity contribution >= 4 is 0 Å². The topological polar surface area (TPSA) is 38.1 Å². The van der Waals surface area contributed by atoms with Crippen molar-refractivity contribution in [2.45, 2.75) is 18.9 Å². The van der Waals surface area contributed by atoms with Gasteiger partial charge in [0, 0.05) is 7.05 Å². The van der Waals surface area contributed by atoms with Gasteiger partial charge in [0.15, 0.2) is 0 Å². The predicted molar refractivity (Wildman–Crippen MR) is 47.6 cm³/mol. The normalized spacial score (nSPS) is 12.8. The largest absolute Gasteiger partial charge is 0.387 e. The number of aryl methyl sites for hydroxylation is 1. The Kier molecular flexibility index (Phi) is 3.05. The number of hydrogen-bond acceptors (Lipinski definition) is 2. The van der Waals surface area contributed by atoms with Crippen LogP contribution in [0.4, 0.5) is 0 Å². The Morgan fingerprint density at radius 1 is 1.83 bits per heavy atom. The minimum Gasteiger partial charge on any atom is -0.387 e. The zero-order valence-corrected chi connectivity index (χ0v) is 7.27. The van der Waals surface area contributed by atoms with E-state index in [1.54, 1.807) is 18.6 Å². The molecule has 0 aromatic carbocycles. The Hall–Kier alpha value is -1.09. The van der Waals surface area contributed by atoms with E-state index in [4.69, 9.17) is 0 Å². The zero-order chi connectivity index (χ0) is 8.97. The molecule has 1 rings (SSSR count). The number of rotatable bonds is 4. The summed E-state index contributed by atoms with van der Waals surface area (Å²) < 4.78 is 1.83. The average molecular weight is 166 g/mol. The summed E-state index contributed by atoms with van der Waals surface area (Å²) in [5.41, 5.74) is 0.858. The molecule has 66 valence electrons. The van der Waals surface area contributed by atoms with Crippen LogP contribution in [0.2, 0.25) is 0 Å². The summed E-state index contributed by atoms with van der Waals surface area (Å²) in [5.74, 6) is 0. The first-order chi connectivity index (χ1) is 5.75. The Morgan fingerprint density at radius 2 is 2.58 bits per heavy atom. The molecule has 1 atom stereocenters. The summed E-state index contributed by atoms with van der Waals surface area (Å²) >= 11 is 0. The van der Waals surface area contributed by atoms with E-state index in [1.165, 1.54) is 0 Å². The third-order valence-electron chi connectivity index (χ3n) is 1.84. The van der Waals surface area contributed by atoms with Crippen molar-refractivity contribution in [3.63, 3.8) is 0 Å². The summed E-state index contributed by atoms with van der Waals surface area (Å²) in [7, 11) is 1.87. The highest BCUT2D eigenvalue weighted by Crippen LogP contribution is 2.16. The fourth-order valence-electron chi connectivity index (χ4n) is 1.11. The maximum atomic E-state index is 9.61. The molecule has 0 aliphatic rings. The lowest BCUT2D eigenvalue weighted by molar-refractivity contribution is 0.160. The van der Waals surface area contributed by atoms with Crippen LogP contribution in [0.25, 0.3) is 0 Å². The Labute approximate surface area is 72.4 Å². The van der Waals surface area contributed by atoms with E-state index in [-0.39, 0.29) is 0 Å². The van der Waals surface area contributed by atoms with Crippen LogP contribution in [-0.2, 0) is 7.05 Å². The van der Waals surface area contributed by atoms with Crippen molar-refractivity contribution in [3.8, 4) is 0 Å². The fourth-order valence-corrected chi connectivity index (χ4v) is 1.11.